The van der Waals surface area contributed by atoms with E-state index in [1.807, 2.05) is 0 Å². The number of benzene rings is 1. The molecule has 0 saturated carbocycles. The van der Waals surface area contributed by atoms with Crippen LogP contribution in [0.3, 0.4) is 0 Å². The van der Waals surface area contributed by atoms with Gasteiger partial charge in [0.2, 0.25) is 0 Å². The summed E-state index contributed by atoms with van der Waals surface area (Å²) in [5.74, 6) is 0. The number of hydrogen-bond acceptors (Lipinski definition) is 5. The van der Waals surface area contributed by atoms with Gasteiger partial charge in [0, 0.05) is 0 Å². The van der Waals surface area contributed by atoms with E-state index in [1.54, 1.807) is 6.07 Å². The Morgan fingerprint density at radius 2 is 1.90 bits per heavy atom. The van der Waals surface area contributed by atoms with Gasteiger partial charge < -0.3 is 24.6 Å². The molecule has 0 spiro atoms. The molecule has 0 bridgehead atoms. The molecule has 9 heteroatoms. The van der Waals surface area contributed by atoms with Crippen LogP contribution in [0.25, 0.3) is 11.0 Å². The van der Waals surface area contributed by atoms with Crippen LogP contribution in [0.15, 0.2) is 12.4 Å². The SMILES string of the molecule is OC[C@H]1O[C@@H](n2cnc3c(Cl)c(Cl)c(Cl)cc32)[C@H](O)[C@@H]1O. The Morgan fingerprint density at radius 1 is 1.19 bits per heavy atom. The summed E-state index contributed by atoms with van der Waals surface area (Å²) in [5, 5.41) is 29.6. The number of halogens is 3. The van der Waals surface area contributed by atoms with Crippen molar-refractivity contribution in [2.24, 2.45) is 0 Å². The van der Waals surface area contributed by atoms with E-state index >= 15 is 0 Å². The summed E-state index contributed by atoms with van der Waals surface area (Å²) in [6, 6.07) is 1.55. The maximum absolute atomic E-state index is 10.1. The fourth-order valence-corrected chi connectivity index (χ4v) is 3.03. The van der Waals surface area contributed by atoms with Gasteiger partial charge in [-0.3, -0.25) is 0 Å². The molecule has 1 saturated heterocycles. The van der Waals surface area contributed by atoms with E-state index in [0.717, 1.165) is 0 Å². The van der Waals surface area contributed by atoms with Crippen molar-refractivity contribution in [1.29, 1.82) is 0 Å². The minimum Gasteiger partial charge on any atom is -0.394 e. The summed E-state index contributed by atoms with van der Waals surface area (Å²) >= 11 is 18.0. The monoisotopic (exact) mass is 352 g/mol. The molecule has 1 aromatic heterocycles. The molecule has 114 valence electrons. The Labute approximate surface area is 134 Å². The number of ether oxygens (including phenoxy) is 1. The molecule has 2 aromatic rings. The Kier molecular flexibility index (Phi) is 4.04. The van der Waals surface area contributed by atoms with Gasteiger partial charge in [0.05, 0.1) is 33.5 Å². The average Bonchev–Trinajstić information content (AvgIpc) is 2.99. The predicted molar refractivity (Wildman–Crippen MR) is 77.8 cm³/mol. The third-order valence-electron chi connectivity index (χ3n) is 3.50. The van der Waals surface area contributed by atoms with Crippen molar-refractivity contribution >= 4 is 45.8 Å². The van der Waals surface area contributed by atoms with Gasteiger partial charge in [0.1, 0.15) is 23.8 Å². The number of aromatic nitrogens is 2. The van der Waals surface area contributed by atoms with Crippen LogP contribution in [-0.2, 0) is 4.74 Å². The zero-order chi connectivity index (χ0) is 15.3. The van der Waals surface area contributed by atoms with Crippen molar-refractivity contribution < 1.29 is 20.1 Å². The minimum absolute atomic E-state index is 0.192. The summed E-state index contributed by atoms with van der Waals surface area (Å²) in [5.41, 5.74) is 0.910. The molecular formula is C12H11Cl3N2O4. The topological polar surface area (TPSA) is 87.7 Å². The summed E-state index contributed by atoms with van der Waals surface area (Å²) in [6.45, 7) is -0.408. The molecule has 3 N–H and O–H groups in total. The van der Waals surface area contributed by atoms with Crippen molar-refractivity contribution in [3.05, 3.63) is 27.5 Å². The number of fused-ring (bicyclic) bond motifs is 1. The van der Waals surface area contributed by atoms with Crippen molar-refractivity contribution in [3.8, 4) is 0 Å². The first-order valence-corrected chi connectivity index (χ1v) is 7.21. The predicted octanol–water partition coefficient (Wildman–Crippen LogP) is 1.61. The van der Waals surface area contributed by atoms with Crippen molar-refractivity contribution in [2.45, 2.75) is 24.5 Å². The first-order chi connectivity index (χ1) is 9.95. The highest BCUT2D eigenvalue weighted by atomic mass is 35.5. The van der Waals surface area contributed by atoms with Gasteiger partial charge >= 0.3 is 0 Å². The molecule has 0 aliphatic carbocycles. The van der Waals surface area contributed by atoms with Crippen LogP contribution in [0.4, 0.5) is 0 Å². The van der Waals surface area contributed by atoms with Crippen LogP contribution < -0.4 is 0 Å². The molecular weight excluding hydrogens is 343 g/mol. The maximum Gasteiger partial charge on any atom is 0.164 e. The third kappa shape index (κ3) is 2.31. The molecule has 21 heavy (non-hydrogen) atoms. The average molecular weight is 354 g/mol. The highest BCUT2D eigenvalue weighted by Crippen LogP contribution is 2.38. The summed E-state index contributed by atoms with van der Waals surface area (Å²) in [6.07, 6.45) is -2.79. The molecule has 3 rings (SSSR count). The van der Waals surface area contributed by atoms with E-state index in [0.29, 0.717) is 11.0 Å². The Morgan fingerprint density at radius 3 is 2.52 bits per heavy atom. The lowest BCUT2D eigenvalue weighted by Crippen LogP contribution is -2.33. The number of nitrogens with zero attached hydrogens (tertiary/aromatic N) is 2. The van der Waals surface area contributed by atoms with E-state index in [4.69, 9.17) is 44.6 Å². The van der Waals surface area contributed by atoms with Crippen LogP contribution in [0.1, 0.15) is 6.23 Å². The molecule has 1 aliphatic rings. The lowest BCUT2D eigenvalue weighted by molar-refractivity contribution is -0.0508. The van der Waals surface area contributed by atoms with Gasteiger partial charge in [-0.2, -0.15) is 0 Å². The van der Waals surface area contributed by atoms with Gasteiger partial charge in [0.25, 0.3) is 0 Å². The minimum atomic E-state index is -1.22. The molecule has 1 aliphatic heterocycles. The number of aliphatic hydroxyl groups is 3. The van der Waals surface area contributed by atoms with E-state index in [-0.39, 0.29) is 15.1 Å². The second-order valence-corrected chi connectivity index (χ2v) is 5.90. The second-order valence-electron chi connectivity index (χ2n) is 4.73. The smallest absolute Gasteiger partial charge is 0.164 e. The van der Waals surface area contributed by atoms with Gasteiger partial charge in [-0.15, -0.1) is 0 Å². The van der Waals surface area contributed by atoms with Crippen LogP contribution in [-0.4, -0.2) is 49.8 Å². The molecule has 1 fully saturated rings. The lowest BCUT2D eigenvalue weighted by Gasteiger charge is -2.17. The summed E-state index contributed by atoms with van der Waals surface area (Å²) < 4.78 is 6.94. The molecule has 0 unspecified atom stereocenters. The maximum atomic E-state index is 10.1. The quantitative estimate of drug-likeness (QED) is 0.714. The van der Waals surface area contributed by atoms with Crippen molar-refractivity contribution in [2.75, 3.05) is 6.61 Å². The number of imidazole rings is 1. The first-order valence-electron chi connectivity index (χ1n) is 6.08. The van der Waals surface area contributed by atoms with E-state index in [9.17, 15) is 10.2 Å². The number of rotatable bonds is 2. The van der Waals surface area contributed by atoms with Gasteiger partial charge in [0.15, 0.2) is 6.23 Å². The number of aliphatic hydroxyl groups excluding tert-OH is 3. The zero-order valence-electron chi connectivity index (χ0n) is 10.4. The van der Waals surface area contributed by atoms with Crippen LogP contribution in [0, 0.1) is 0 Å². The molecule has 2 heterocycles. The largest absolute Gasteiger partial charge is 0.394 e. The standard InChI is InChI=1S/C12H11Cl3N2O4/c13-4-1-5-9(8(15)7(4)14)16-3-17(5)12-11(20)10(19)6(2-18)21-12/h1,3,6,10-12,18-20H,2H2/t6-,10-,11-,12-/m1/s1. The van der Waals surface area contributed by atoms with Crippen molar-refractivity contribution in [1.82, 2.24) is 9.55 Å². The highest BCUT2D eigenvalue weighted by Gasteiger charge is 2.43. The van der Waals surface area contributed by atoms with Crippen LogP contribution >= 0.6 is 34.8 Å². The Balaban J connectivity index is 2.10. The van der Waals surface area contributed by atoms with E-state index in [1.165, 1.54) is 10.9 Å². The zero-order valence-corrected chi connectivity index (χ0v) is 12.7. The summed E-state index contributed by atoms with van der Waals surface area (Å²) in [4.78, 5) is 4.13. The normalized spacial score (nSPS) is 29.4. The lowest BCUT2D eigenvalue weighted by atomic mass is 10.1. The van der Waals surface area contributed by atoms with Crippen LogP contribution in [0.5, 0.6) is 0 Å². The fraction of sp³-hybridized carbons (Fsp3) is 0.417. The van der Waals surface area contributed by atoms with E-state index in [2.05, 4.69) is 4.98 Å². The third-order valence-corrected chi connectivity index (χ3v) is 4.75. The van der Waals surface area contributed by atoms with Crippen molar-refractivity contribution in [3.63, 3.8) is 0 Å². The van der Waals surface area contributed by atoms with Gasteiger partial charge in [-0.25, -0.2) is 4.98 Å². The molecule has 4 atom stereocenters. The number of hydrogen-bond donors (Lipinski definition) is 3. The van der Waals surface area contributed by atoms with Crippen LogP contribution in [0.2, 0.25) is 15.1 Å². The molecule has 1 aromatic carbocycles. The Bertz CT molecular complexity index is 693. The molecule has 6 nitrogen and oxygen atoms in total. The highest BCUT2D eigenvalue weighted by molar-refractivity contribution is 6.50. The van der Waals surface area contributed by atoms with Gasteiger partial charge in [-0.05, 0) is 6.07 Å². The fourth-order valence-electron chi connectivity index (χ4n) is 2.39. The molecule has 0 amide bonds. The molecule has 0 radical (unpaired) electrons. The Hall–Kier alpha value is -0.600. The summed E-state index contributed by atoms with van der Waals surface area (Å²) in [7, 11) is 0. The van der Waals surface area contributed by atoms with Gasteiger partial charge in [-0.1, -0.05) is 34.8 Å². The van der Waals surface area contributed by atoms with E-state index < -0.39 is 31.1 Å². The first kappa shape index (κ1) is 15.3. The second kappa shape index (κ2) is 5.55.